The predicted molar refractivity (Wildman–Crippen MR) is 47.6 cm³/mol. The van der Waals surface area contributed by atoms with E-state index in [0.29, 0.717) is 19.6 Å². The molecule has 6 heteroatoms. The molecule has 0 fully saturated rings. The van der Waals surface area contributed by atoms with E-state index < -0.39 is 19.5 Å². The number of hydrogen-bond donors (Lipinski definition) is 2. The van der Waals surface area contributed by atoms with Crippen molar-refractivity contribution in [1.82, 2.24) is 0 Å². The molecule has 0 aliphatic heterocycles. The number of ketones is 1. The van der Waals surface area contributed by atoms with Crippen molar-refractivity contribution in [2.75, 3.05) is 19.4 Å². The fourth-order valence-electron chi connectivity index (χ4n) is 0.825. The Balaban J connectivity index is 3.47. The summed E-state index contributed by atoms with van der Waals surface area (Å²) in [7, 11) is -4.17. The lowest BCUT2D eigenvalue weighted by atomic mass is 10.2. The lowest BCUT2D eigenvalue weighted by molar-refractivity contribution is -0.117. The number of carbonyl (C=O) groups is 1. The summed E-state index contributed by atoms with van der Waals surface area (Å²) in [6, 6.07) is 0. The molecule has 0 atom stereocenters. The minimum atomic E-state index is -4.17. The van der Waals surface area contributed by atoms with Crippen LogP contribution in [0.3, 0.4) is 0 Å². The Morgan fingerprint density at radius 2 is 2.08 bits per heavy atom. The van der Waals surface area contributed by atoms with Crippen LogP contribution in [0.5, 0.6) is 0 Å². The fourth-order valence-corrected chi connectivity index (χ4v) is 1.44. The normalized spacial score (nSPS) is 11.6. The summed E-state index contributed by atoms with van der Waals surface area (Å²) >= 11 is 0. The van der Waals surface area contributed by atoms with Gasteiger partial charge in [0.05, 0.1) is 0 Å². The molecule has 0 aromatic heterocycles. The summed E-state index contributed by atoms with van der Waals surface area (Å²) in [5, 5.41) is 0. The maximum absolute atomic E-state index is 10.9. The molecule has 0 aromatic rings. The maximum atomic E-state index is 10.9. The highest BCUT2D eigenvalue weighted by atomic mass is 31.2. The van der Waals surface area contributed by atoms with Gasteiger partial charge in [0.2, 0.25) is 0 Å². The minimum Gasteiger partial charge on any atom is -0.382 e. The van der Waals surface area contributed by atoms with Crippen LogP contribution in [0.4, 0.5) is 0 Å². The summed E-state index contributed by atoms with van der Waals surface area (Å²) in [5.41, 5.74) is 0. The first-order valence-corrected chi connectivity index (χ1v) is 5.89. The number of Topliss-reactive ketones (excluding diaryl/α,β-unsaturated/α-hetero) is 1. The zero-order chi connectivity index (χ0) is 10.3. The van der Waals surface area contributed by atoms with Gasteiger partial charge in [-0.3, -0.25) is 9.36 Å². The van der Waals surface area contributed by atoms with Gasteiger partial charge < -0.3 is 14.5 Å². The third kappa shape index (κ3) is 9.70. The number of hydrogen-bond acceptors (Lipinski definition) is 3. The van der Waals surface area contributed by atoms with Gasteiger partial charge in [-0.05, 0) is 13.3 Å². The van der Waals surface area contributed by atoms with Gasteiger partial charge in [0.1, 0.15) is 11.9 Å². The minimum absolute atomic E-state index is 0.172. The fraction of sp³-hybridized carbons (Fsp3) is 0.857. The maximum Gasteiger partial charge on any atom is 0.332 e. The van der Waals surface area contributed by atoms with E-state index in [-0.39, 0.29) is 6.42 Å². The van der Waals surface area contributed by atoms with Crippen LogP contribution in [-0.4, -0.2) is 34.9 Å². The molecular weight excluding hydrogens is 195 g/mol. The van der Waals surface area contributed by atoms with Crippen LogP contribution in [0.1, 0.15) is 19.8 Å². The van der Waals surface area contributed by atoms with Crippen LogP contribution >= 0.6 is 7.60 Å². The first-order valence-electron chi connectivity index (χ1n) is 4.09. The van der Waals surface area contributed by atoms with Crippen molar-refractivity contribution in [3.05, 3.63) is 0 Å². The van der Waals surface area contributed by atoms with E-state index in [1.54, 1.807) is 0 Å². The molecule has 0 spiro atoms. The topological polar surface area (TPSA) is 83.8 Å². The second-order valence-electron chi connectivity index (χ2n) is 2.66. The first-order chi connectivity index (χ1) is 5.95. The summed E-state index contributed by atoms with van der Waals surface area (Å²) in [6.07, 6.45) is 0.0386. The number of carbonyl (C=O) groups excluding carboxylic acids is 1. The van der Waals surface area contributed by atoms with Crippen LogP contribution in [0, 0.1) is 0 Å². The van der Waals surface area contributed by atoms with Gasteiger partial charge in [0, 0.05) is 19.6 Å². The van der Waals surface area contributed by atoms with Crippen molar-refractivity contribution < 1.29 is 23.9 Å². The van der Waals surface area contributed by atoms with Gasteiger partial charge in [-0.1, -0.05) is 0 Å². The molecule has 13 heavy (non-hydrogen) atoms. The Morgan fingerprint density at radius 1 is 1.46 bits per heavy atom. The number of rotatable bonds is 7. The van der Waals surface area contributed by atoms with Gasteiger partial charge in [0.15, 0.2) is 0 Å². The van der Waals surface area contributed by atoms with Gasteiger partial charge in [-0.2, -0.15) is 0 Å². The van der Waals surface area contributed by atoms with Crippen molar-refractivity contribution >= 4 is 13.4 Å². The third-order valence-corrected chi connectivity index (χ3v) is 2.10. The molecule has 0 amide bonds. The van der Waals surface area contributed by atoms with Gasteiger partial charge in [-0.15, -0.1) is 0 Å². The molecule has 0 aliphatic rings. The molecule has 0 aromatic carbocycles. The molecule has 2 N–H and O–H groups in total. The first kappa shape index (κ1) is 12.8. The monoisotopic (exact) mass is 210 g/mol. The standard InChI is InChI=1S/C7H15O5P/c1-2-12-5-3-4-7(8)6-13(9,10)11/h2-6H2,1H3,(H2,9,10,11). The van der Waals surface area contributed by atoms with Crippen LogP contribution in [0.2, 0.25) is 0 Å². The molecule has 0 rings (SSSR count). The molecule has 0 saturated carbocycles. The van der Waals surface area contributed by atoms with Crippen LogP contribution in [0.25, 0.3) is 0 Å². The lowest BCUT2D eigenvalue weighted by Crippen LogP contribution is -2.06. The third-order valence-electron chi connectivity index (χ3n) is 1.33. The van der Waals surface area contributed by atoms with E-state index >= 15 is 0 Å². The van der Waals surface area contributed by atoms with Crippen LogP contribution in [0.15, 0.2) is 0 Å². The second kappa shape index (κ2) is 6.27. The van der Waals surface area contributed by atoms with Gasteiger partial charge in [0.25, 0.3) is 0 Å². The summed E-state index contributed by atoms with van der Waals surface area (Å²) in [4.78, 5) is 27.8. The quantitative estimate of drug-likeness (QED) is 0.473. The second-order valence-corrected chi connectivity index (χ2v) is 4.31. The Labute approximate surface area is 77.3 Å². The molecule has 0 radical (unpaired) electrons. The average Bonchev–Trinajstić information content (AvgIpc) is 1.94. The van der Waals surface area contributed by atoms with Crippen molar-refractivity contribution in [2.45, 2.75) is 19.8 Å². The molecule has 0 heterocycles. The summed E-state index contributed by atoms with van der Waals surface area (Å²) in [5.74, 6) is -0.409. The molecule has 0 aliphatic carbocycles. The summed E-state index contributed by atoms with van der Waals surface area (Å²) < 4.78 is 15.3. The Morgan fingerprint density at radius 3 is 2.54 bits per heavy atom. The van der Waals surface area contributed by atoms with Crippen molar-refractivity contribution in [3.63, 3.8) is 0 Å². The van der Waals surface area contributed by atoms with Gasteiger partial charge in [-0.25, -0.2) is 0 Å². The molecule has 0 saturated heterocycles. The molecular formula is C7H15O5P. The molecule has 0 unspecified atom stereocenters. The average molecular weight is 210 g/mol. The van der Waals surface area contributed by atoms with E-state index in [4.69, 9.17) is 14.5 Å². The largest absolute Gasteiger partial charge is 0.382 e. The van der Waals surface area contributed by atoms with Crippen molar-refractivity contribution in [1.29, 1.82) is 0 Å². The molecule has 0 bridgehead atoms. The highest BCUT2D eigenvalue weighted by Crippen LogP contribution is 2.34. The smallest absolute Gasteiger partial charge is 0.332 e. The SMILES string of the molecule is CCOCCCC(=O)CP(=O)(O)O. The van der Waals surface area contributed by atoms with Crippen molar-refractivity contribution in [2.24, 2.45) is 0 Å². The van der Waals surface area contributed by atoms with E-state index in [9.17, 15) is 9.36 Å². The van der Waals surface area contributed by atoms with Gasteiger partial charge >= 0.3 is 7.60 Å². The van der Waals surface area contributed by atoms with Crippen LogP contribution < -0.4 is 0 Å². The van der Waals surface area contributed by atoms with E-state index in [1.165, 1.54) is 0 Å². The predicted octanol–water partition coefficient (Wildman–Crippen LogP) is 0.550. The van der Waals surface area contributed by atoms with E-state index in [0.717, 1.165) is 0 Å². The van der Waals surface area contributed by atoms with E-state index in [2.05, 4.69) is 0 Å². The Bertz CT molecular complexity index is 197. The highest BCUT2D eigenvalue weighted by Gasteiger charge is 2.18. The summed E-state index contributed by atoms with van der Waals surface area (Å²) in [6.45, 7) is 2.90. The number of ether oxygens (including phenoxy) is 1. The van der Waals surface area contributed by atoms with Crippen molar-refractivity contribution in [3.8, 4) is 0 Å². The van der Waals surface area contributed by atoms with E-state index in [1.807, 2.05) is 6.92 Å². The van der Waals surface area contributed by atoms with Crippen LogP contribution in [-0.2, 0) is 14.1 Å². The molecule has 5 nitrogen and oxygen atoms in total. The highest BCUT2D eigenvalue weighted by molar-refractivity contribution is 7.52. The zero-order valence-corrected chi connectivity index (χ0v) is 8.50. The Hall–Kier alpha value is -0.220. The lowest BCUT2D eigenvalue weighted by Gasteiger charge is -2.02. The molecule has 78 valence electrons. The zero-order valence-electron chi connectivity index (χ0n) is 7.60. The Kier molecular flexibility index (Phi) is 6.16.